The van der Waals surface area contributed by atoms with E-state index in [9.17, 15) is 4.79 Å². The second kappa shape index (κ2) is 8.55. The summed E-state index contributed by atoms with van der Waals surface area (Å²) in [6.07, 6.45) is 4.77. The molecule has 1 amide bonds. The molecule has 0 spiro atoms. The number of hydrogen-bond donors (Lipinski definition) is 1. The Balaban J connectivity index is 0.00000100. The first-order valence-corrected chi connectivity index (χ1v) is 7.40. The van der Waals surface area contributed by atoms with Crippen LogP contribution in [0.5, 0.6) is 0 Å². The number of aromatic nitrogens is 3. The van der Waals surface area contributed by atoms with Crippen molar-refractivity contribution in [1.82, 2.24) is 15.0 Å². The predicted octanol–water partition coefficient (Wildman–Crippen LogP) is 4.25. The van der Waals surface area contributed by atoms with Gasteiger partial charge >= 0.3 is 0 Å². The van der Waals surface area contributed by atoms with Gasteiger partial charge in [0.15, 0.2) is 5.82 Å². The fourth-order valence-electron chi connectivity index (χ4n) is 1.82. The van der Waals surface area contributed by atoms with Gasteiger partial charge in [0, 0.05) is 16.8 Å². The number of amides is 1. The normalized spacial score (nSPS) is 9.54. The summed E-state index contributed by atoms with van der Waals surface area (Å²) in [7, 11) is 0. The standard InChI is InChI=1S/C16H11ClN4O.C2H4/c17-12-6-4-11(5-7-12)16(22)21-13-9-19-15(20-10-13)14-3-1-2-8-18-14;1-2/h1-10H,(H,21,22);1-2H2. The SMILES string of the molecule is C=C.O=C(Nc1cnc(-c2ccccn2)nc1)c1ccc(Cl)cc1. The molecular formula is C18H15ClN4O. The number of hydrogen-bond acceptors (Lipinski definition) is 4. The van der Waals surface area contributed by atoms with Crippen molar-refractivity contribution >= 4 is 23.2 Å². The number of carbonyl (C=O) groups is 1. The number of nitrogens with zero attached hydrogens (tertiary/aromatic N) is 3. The Labute approximate surface area is 145 Å². The third-order valence-electron chi connectivity index (χ3n) is 2.91. The van der Waals surface area contributed by atoms with Gasteiger partial charge in [-0.25, -0.2) is 9.97 Å². The van der Waals surface area contributed by atoms with E-state index in [0.717, 1.165) is 0 Å². The fraction of sp³-hybridized carbons (Fsp3) is 0. The van der Waals surface area contributed by atoms with Crippen LogP contribution in [0.25, 0.3) is 11.5 Å². The van der Waals surface area contributed by atoms with E-state index < -0.39 is 0 Å². The molecule has 24 heavy (non-hydrogen) atoms. The minimum Gasteiger partial charge on any atom is -0.319 e. The summed E-state index contributed by atoms with van der Waals surface area (Å²) >= 11 is 5.79. The van der Waals surface area contributed by atoms with E-state index in [0.29, 0.717) is 27.8 Å². The number of carbonyl (C=O) groups excluding carboxylic acids is 1. The molecule has 0 bridgehead atoms. The van der Waals surface area contributed by atoms with Crippen molar-refractivity contribution in [3.63, 3.8) is 0 Å². The van der Waals surface area contributed by atoms with Crippen molar-refractivity contribution in [1.29, 1.82) is 0 Å². The third-order valence-corrected chi connectivity index (χ3v) is 3.16. The summed E-state index contributed by atoms with van der Waals surface area (Å²) in [5, 5.41) is 3.31. The van der Waals surface area contributed by atoms with Gasteiger partial charge in [0.2, 0.25) is 0 Å². The third kappa shape index (κ3) is 4.47. The predicted molar refractivity (Wildman–Crippen MR) is 95.9 cm³/mol. The van der Waals surface area contributed by atoms with Gasteiger partial charge in [-0.15, -0.1) is 13.2 Å². The first-order valence-electron chi connectivity index (χ1n) is 7.03. The number of pyridine rings is 1. The largest absolute Gasteiger partial charge is 0.319 e. The number of benzene rings is 1. The van der Waals surface area contributed by atoms with Crippen LogP contribution in [0.3, 0.4) is 0 Å². The Morgan fingerprint density at radius 2 is 1.62 bits per heavy atom. The van der Waals surface area contributed by atoms with Crippen molar-refractivity contribution in [3.05, 3.63) is 84.8 Å². The van der Waals surface area contributed by atoms with Gasteiger partial charge < -0.3 is 5.32 Å². The highest BCUT2D eigenvalue weighted by molar-refractivity contribution is 6.30. The van der Waals surface area contributed by atoms with E-state index in [4.69, 9.17) is 11.6 Å². The molecule has 1 N–H and O–H groups in total. The van der Waals surface area contributed by atoms with Crippen LogP contribution in [0, 0.1) is 0 Å². The number of anilines is 1. The van der Waals surface area contributed by atoms with E-state index in [1.54, 1.807) is 42.9 Å². The molecule has 0 radical (unpaired) electrons. The maximum absolute atomic E-state index is 12.1. The molecule has 1 aromatic carbocycles. The molecule has 3 aromatic rings. The Kier molecular flexibility index (Phi) is 6.16. The molecule has 2 heterocycles. The summed E-state index contributed by atoms with van der Waals surface area (Å²) in [6, 6.07) is 12.1. The number of rotatable bonds is 3. The van der Waals surface area contributed by atoms with Crippen molar-refractivity contribution in [2.24, 2.45) is 0 Å². The van der Waals surface area contributed by atoms with Crippen LogP contribution in [0.4, 0.5) is 5.69 Å². The van der Waals surface area contributed by atoms with Gasteiger partial charge in [0.25, 0.3) is 5.91 Å². The van der Waals surface area contributed by atoms with Crippen molar-refractivity contribution < 1.29 is 4.79 Å². The zero-order valence-corrected chi connectivity index (χ0v) is 13.6. The summed E-state index contributed by atoms with van der Waals surface area (Å²) in [6.45, 7) is 6.00. The summed E-state index contributed by atoms with van der Waals surface area (Å²) in [5.74, 6) is 0.260. The monoisotopic (exact) mass is 338 g/mol. The molecule has 0 aliphatic heterocycles. The van der Waals surface area contributed by atoms with E-state index in [1.165, 1.54) is 0 Å². The fourth-order valence-corrected chi connectivity index (χ4v) is 1.95. The molecule has 2 aromatic heterocycles. The average molecular weight is 339 g/mol. The maximum Gasteiger partial charge on any atom is 0.255 e. The van der Waals surface area contributed by atoms with Crippen molar-refractivity contribution in [3.8, 4) is 11.5 Å². The Morgan fingerprint density at radius 3 is 2.21 bits per heavy atom. The molecule has 6 heteroatoms. The smallest absolute Gasteiger partial charge is 0.255 e. The molecule has 0 fully saturated rings. The van der Waals surface area contributed by atoms with Crippen molar-refractivity contribution in [2.45, 2.75) is 0 Å². The minimum absolute atomic E-state index is 0.245. The highest BCUT2D eigenvalue weighted by Crippen LogP contribution is 2.14. The Hall–Kier alpha value is -3.05. The van der Waals surface area contributed by atoms with Crippen LogP contribution in [0.15, 0.2) is 74.2 Å². The van der Waals surface area contributed by atoms with Gasteiger partial charge in [-0.2, -0.15) is 0 Å². The van der Waals surface area contributed by atoms with E-state index >= 15 is 0 Å². The Morgan fingerprint density at radius 1 is 0.958 bits per heavy atom. The van der Waals surface area contributed by atoms with Crippen molar-refractivity contribution in [2.75, 3.05) is 5.32 Å². The summed E-state index contributed by atoms with van der Waals surface area (Å²) < 4.78 is 0. The van der Waals surface area contributed by atoms with E-state index in [2.05, 4.69) is 33.4 Å². The topological polar surface area (TPSA) is 67.8 Å². The lowest BCUT2D eigenvalue weighted by Crippen LogP contribution is -2.12. The molecule has 0 aliphatic rings. The molecule has 0 aliphatic carbocycles. The van der Waals surface area contributed by atoms with Gasteiger partial charge in [-0.3, -0.25) is 9.78 Å². The van der Waals surface area contributed by atoms with Crippen LogP contribution in [0.2, 0.25) is 5.02 Å². The van der Waals surface area contributed by atoms with Gasteiger partial charge in [0.1, 0.15) is 5.69 Å². The van der Waals surface area contributed by atoms with Crippen LogP contribution in [-0.4, -0.2) is 20.9 Å². The lowest BCUT2D eigenvalue weighted by molar-refractivity contribution is 0.102. The second-order valence-corrected chi connectivity index (χ2v) is 4.91. The zero-order valence-electron chi connectivity index (χ0n) is 12.8. The highest BCUT2D eigenvalue weighted by atomic mass is 35.5. The lowest BCUT2D eigenvalue weighted by Gasteiger charge is -2.05. The molecule has 3 rings (SSSR count). The maximum atomic E-state index is 12.1. The first kappa shape index (κ1) is 17.3. The van der Waals surface area contributed by atoms with Gasteiger partial charge in [0.05, 0.1) is 18.1 Å². The number of halogens is 1. The van der Waals surface area contributed by atoms with Gasteiger partial charge in [-0.1, -0.05) is 17.7 Å². The molecular weight excluding hydrogens is 324 g/mol. The number of nitrogens with one attached hydrogen (secondary N) is 1. The van der Waals surface area contributed by atoms with Crippen LogP contribution in [-0.2, 0) is 0 Å². The van der Waals surface area contributed by atoms with Gasteiger partial charge in [-0.05, 0) is 36.4 Å². The van der Waals surface area contributed by atoms with E-state index in [1.807, 2.05) is 18.2 Å². The molecule has 5 nitrogen and oxygen atoms in total. The molecule has 120 valence electrons. The lowest BCUT2D eigenvalue weighted by atomic mass is 10.2. The zero-order chi connectivity index (χ0) is 17.4. The minimum atomic E-state index is -0.245. The first-order chi connectivity index (χ1) is 11.7. The average Bonchev–Trinajstić information content (AvgIpc) is 2.65. The summed E-state index contributed by atoms with van der Waals surface area (Å²) in [5.41, 5.74) is 1.70. The molecule has 0 unspecified atom stereocenters. The molecule has 0 atom stereocenters. The summed E-state index contributed by atoms with van der Waals surface area (Å²) in [4.78, 5) is 24.6. The van der Waals surface area contributed by atoms with E-state index in [-0.39, 0.29) is 5.91 Å². The van der Waals surface area contributed by atoms with Crippen LogP contribution in [0.1, 0.15) is 10.4 Å². The quantitative estimate of drug-likeness (QED) is 0.725. The Bertz CT molecular complexity index is 790. The molecule has 0 saturated heterocycles. The van der Waals surface area contributed by atoms with Crippen LogP contribution >= 0.6 is 11.6 Å². The second-order valence-electron chi connectivity index (χ2n) is 4.47. The molecule has 0 saturated carbocycles. The van der Waals surface area contributed by atoms with Crippen LogP contribution < -0.4 is 5.32 Å². The highest BCUT2D eigenvalue weighted by Gasteiger charge is 2.07.